The molecule has 0 unspecified atom stereocenters. The lowest BCUT2D eigenvalue weighted by molar-refractivity contribution is 0.628. The predicted octanol–water partition coefficient (Wildman–Crippen LogP) is 3.02. The molecular formula is C15H12FN3. The summed E-state index contributed by atoms with van der Waals surface area (Å²) < 4.78 is 12.7. The minimum absolute atomic E-state index is 0.277. The number of anilines is 1. The van der Waals surface area contributed by atoms with Crippen molar-refractivity contribution >= 4 is 17.7 Å². The van der Waals surface area contributed by atoms with Crippen molar-refractivity contribution in [1.82, 2.24) is 4.98 Å². The molecule has 0 aliphatic rings. The number of benzene rings is 1. The topological polar surface area (TPSA) is 37.3 Å². The van der Waals surface area contributed by atoms with E-state index in [0.717, 1.165) is 11.4 Å². The molecule has 0 bridgehead atoms. The molecule has 0 spiro atoms. The van der Waals surface area contributed by atoms with Crippen molar-refractivity contribution < 1.29 is 4.39 Å². The predicted molar refractivity (Wildman–Crippen MR) is 75.2 cm³/mol. The molecule has 0 radical (unpaired) electrons. The van der Waals surface area contributed by atoms with Gasteiger partial charge in [0.15, 0.2) is 0 Å². The second-order valence-electron chi connectivity index (χ2n) is 3.69. The molecule has 0 amide bonds. The summed E-state index contributed by atoms with van der Waals surface area (Å²) in [6.45, 7) is 0. The summed E-state index contributed by atoms with van der Waals surface area (Å²) in [7, 11) is 1.81. The van der Waals surface area contributed by atoms with Gasteiger partial charge in [-0.2, -0.15) is 0 Å². The van der Waals surface area contributed by atoms with E-state index in [1.165, 1.54) is 18.3 Å². The van der Waals surface area contributed by atoms with Crippen LogP contribution in [0.25, 0.3) is 0 Å². The van der Waals surface area contributed by atoms with Gasteiger partial charge in [-0.3, -0.25) is 0 Å². The van der Waals surface area contributed by atoms with E-state index in [-0.39, 0.29) is 5.82 Å². The Morgan fingerprint density at radius 1 is 1.21 bits per heavy atom. The van der Waals surface area contributed by atoms with Crippen molar-refractivity contribution in [2.24, 2.45) is 4.99 Å². The number of halogens is 1. The van der Waals surface area contributed by atoms with E-state index in [0.29, 0.717) is 5.69 Å². The summed E-state index contributed by atoms with van der Waals surface area (Å²) in [6.07, 6.45) is 3.17. The van der Waals surface area contributed by atoms with Crippen LogP contribution in [-0.4, -0.2) is 18.2 Å². The van der Waals surface area contributed by atoms with Crippen LogP contribution in [-0.2, 0) is 0 Å². The van der Waals surface area contributed by atoms with Gasteiger partial charge in [0.05, 0.1) is 11.9 Å². The van der Waals surface area contributed by atoms with Gasteiger partial charge < -0.3 is 5.32 Å². The average Bonchev–Trinajstić information content (AvgIpc) is 2.46. The summed E-state index contributed by atoms with van der Waals surface area (Å²) in [6, 6.07) is 9.63. The van der Waals surface area contributed by atoms with Crippen molar-refractivity contribution in [2.75, 3.05) is 12.4 Å². The van der Waals surface area contributed by atoms with Crippen LogP contribution in [0.5, 0.6) is 0 Å². The lowest BCUT2D eigenvalue weighted by Crippen LogP contribution is -1.91. The number of nitrogens with zero attached hydrogens (tertiary/aromatic N) is 2. The Labute approximate surface area is 111 Å². The zero-order chi connectivity index (χ0) is 13.5. The van der Waals surface area contributed by atoms with Crippen LogP contribution >= 0.6 is 0 Å². The van der Waals surface area contributed by atoms with Gasteiger partial charge in [0.1, 0.15) is 11.6 Å². The minimum atomic E-state index is -0.277. The first-order chi connectivity index (χ1) is 9.28. The second kappa shape index (κ2) is 6.31. The number of rotatable bonds is 2. The quantitative estimate of drug-likeness (QED) is 0.660. The van der Waals surface area contributed by atoms with Gasteiger partial charge in [-0.15, -0.1) is 0 Å². The van der Waals surface area contributed by atoms with E-state index in [4.69, 9.17) is 0 Å². The van der Waals surface area contributed by atoms with Crippen molar-refractivity contribution in [3.8, 4) is 11.8 Å². The molecule has 2 rings (SSSR count). The molecule has 1 heterocycles. The van der Waals surface area contributed by atoms with Crippen LogP contribution in [0.15, 0.2) is 47.6 Å². The van der Waals surface area contributed by atoms with Gasteiger partial charge in [-0.05, 0) is 42.3 Å². The fraction of sp³-hybridized carbons (Fsp3) is 0.0667. The van der Waals surface area contributed by atoms with E-state index >= 15 is 0 Å². The second-order valence-corrected chi connectivity index (χ2v) is 3.69. The molecule has 1 N–H and O–H groups in total. The van der Waals surface area contributed by atoms with Gasteiger partial charge in [0, 0.05) is 18.8 Å². The van der Waals surface area contributed by atoms with E-state index in [9.17, 15) is 4.39 Å². The number of nitrogens with one attached hydrogen (secondary N) is 1. The van der Waals surface area contributed by atoms with Crippen LogP contribution < -0.4 is 5.32 Å². The summed E-state index contributed by atoms with van der Waals surface area (Å²) in [4.78, 5) is 8.24. The van der Waals surface area contributed by atoms with Crippen molar-refractivity contribution in [3.05, 3.63) is 54.0 Å². The van der Waals surface area contributed by atoms with Gasteiger partial charge >= 0.3 is 0 Å². The molecule has 1 aromatic heterocycles. The molecule has 4 heteroatoms. The van der Waals surface area contributed by atoms with Crippen LogP contribution in [0.4, 0.5) is 15.9 Å². The van der Waals surface area contributed by atoms with E-state index in [1.807, 2.05) is 19.2 Å². The highest BCUT2D eigenvalue weighted by atomic mass is 19.1. The van der Waals surface area contributed by atoms with Crippen LogP contribution in [0.2, 0.25) is 0 Å². The molecule has 0 saturated carbocycles. The fourth-order valence-corrected chi connectivity index (χ4v) is 1.37. The SMILES string of the molecule is CNc1ccc(C#CC=Nc2ccc(F)cc2)cn1. The molecule has 94 valence electrons. The Hall–Kier alpha value is -2.67. The molecule has 3 nitrogen and oxygen atoms in total. The Balaban J connectivity index is 2.01. The standard InChI is InChI=1S/C15H12FN3/c1-17-15-9-4-12(11-19-15)3-2-10-18-14-7-5-13(16)6-8-14/h4-11H,1H3,(H,17,19). The normalized spacial score (nSPS) is 10.0. The molecule has 0 fully saturated rings. The Morgan fingerprint density at radius 3 is 2.63 bits per heavy atom. The number of pyridine rings is 1. The first-order valence-electron chi connectivity index (χ1n) is 5.71. The van der Waals surface area contributed by atoms with Crippen LogP contribution in [0.3, 0.4) is 0 Å². The summed E-state index contributed by atoms with van der Waals surface area (Å²) >= 11 is 0. The highest BCUT2D eigenvalue weighted by Crippen LogP contribution is 2.10. The summed E-state index contributed by atoms with van der Waals surface area (Å²) in [5.41, 5.74) is 1.48. The number of aromatic nitrogens is 1. The first-order valence-corrected chi connectivity index (χ1v) is 5.71. The Bertz CT molecular complexity index is 619. The minimum Gasteiger partial charge on any atom is -0.373 e. The third-order valence-electron chi connectivity index (χ3n) is 2.34. The highest BCUT2D eigenvalue weighted by molar-refractivity contribution is 5.81. The average molecular weight is 253 g/mol. The number of hydrogen-bond acceptors (Lipinski definition) is 3. The van der Waals surface area contributed by atoms with Gasteiger partial charge in [0.2, 0.25) is 0 Å². The lowest BCUT2D eigenvalue weighted by atomic mass is 10.3. The fourth-order valence-electron chi connectivity index (χ4n) is 1.37. The smallest absolute Gasteiger partial charge is 0.125 e. The number of aliphatic imine (C=N–C) groups is 1. The summed E-state index contributed by atoms with van der Waals surface area (Å²) in [5, 5.41) is 2.93. The molecule has 0 saturated heterocycles. The molecule has 0 aliphatic carbocycles. The van der Waals surface area contributed by atoms with Crippen molar-refractivity contribution in [3.63, 3.8) is 0 Å². The Morgan fingerprint density at radius 2 is 2.00 bits per heavy atom. The van der Waals surface area contributed by atoms with Crippen LogP contribution in [0, 0.1) is 17.7 Å². The maximum Gasteiger partial charge on any atom is 0.125 e. The largest absolute Gasteiger partial charge is 0.373 e. The Kier molecular flexibility index (Phi) is 4.25. The molecule has 0 atom stereocenters. The van der Waals surface area contributed by atoms with Crippen molar-refractivity contribution in [2.45, 2.75) is 0 Å². The highest BCUT2D eigenvalue weighted by Gasteiger charge is 1.90. The molecule has 2 aromatic rings. The van der Waals surface area contributed by atoms with Crippen molar-refractivity contribution in [1.29, 1.82) is 0 Å². The van der Waals surface area contributed by atoms with Crippen LogP contribution in [0.1, 0.15) is 5.56 Å². The van der Waals surface area contributed by atoms with E-state index < -0.39 is 0 Å². The third-order valence-corrected chi connectivity index (χ3v) is 2.34. The van der Waals surface area contributed by atoms with Gasteiger partial charge in [0.25, 0.3) is 0 Å². The molecule has 1 aromatic carbocycles. The zero-order valence-corrected chi connectivity index (χ0v) is 10.4. The molecular weight excluding hydrogens is 241 g/mol. The summed E-state index contributed by atoms with van der Waals surface area (Å²) in [5.74, 6) is 6.24. The first kappa shape index (κ1) is 12.8. The lowest BCUT2D eigenvalue weighted by Gasteiger charge is -1.96. The van der Waals surface area contributed by atoms with Gasteiger partial charge in [-0.1, -0.05) is 5.92 Å². The van der Waals surface area contributed by atoms with E-state index in [2.05, 4.69) is 27.1 Å². The maximum absolute atomic E-state index is 12.7. The van der Waals surface area contributed by atoms with Gasteiger partial charge in [-0.25, -0.2) is 14.4 Å². The third kappa shape index (κ3) is 3.93. The monoisotopic (exact) mass is 253 g/mol. The zero-order valence-electron chi connectivity index (χ0n) is 10.4. The molecule has 0 aliphatic heterocycles. The maximum atomic E-state index is 12.7. The number of hydrogen-bond donors (Lipinski definition) is 1. The van der Waals surface area contributed by atoms with E-state index in [1.54, 1.807) is 18.3 Å². The molecule has 19 heavy (non-hydrogen) atoms.